The minimum Gasteiger partial charge on any atom is -0.311 e. The molecule has 0 unspecified atom stereocenters. The molecule has 0 N–H and O–H groups in total. The monoisotopic (exact) mass is 585 g/mol. The average molecular weight is 586 g/mol. The number of anilines is 9. The first-order valence-electron chi connectivity index (χ1n) is 15.7. The summed E-state index contributed by atoms with van der Waals surface area (Å²) in [6, 6.07) is 67.2. The fourth-order valence-corrected chi connectivity index (χ4v) is 7.20. The Morgan fingerprint density at radius 1 is 0.457 bits per heavy atom. The summed E-state index contributed by atoms with van der Waals surface area (Å²) in [5.41, 5.74) is 13.9. The van der Waals surface area contributed by atoms with Gasteiger partial charge in [0.05, 0.1) is 11.4 Å². The Kier molecular flexibility index (Phi) is 6.14. The van der Waals surface area contributed by atoms with Crippen molar-refractivity contribution in [2.24, 2.45) is 0 Å². The molecular formula is C42H28BN3. The predicted molar refractivity (Wildman–Crippen MR) is 193 cm³/mol. The van der Waals surface area contributed by atoms with E-state index in [1.807, 2.05) is 12.1 Å². The Labute approximate surface area is 270 Å². The molecule has 0 spiro atoms. The lowest BCUT2D eigenvalue weighted by molar-refractivity contribution is 1.23. The van der Waals surface area contributed by atoms with Crippen LogP contribution >= 0.6 is 0 Å². The number of benzene rings is 6. The molecule has 2 heterocycles. The summed E-state index contributed by atoms with van der Waals surface area (Å²) in [5, 5.41) is 0. The van der Waals surface area contributed by atoms with E-state index in [4.69, 9.17) is 0 Å². The van der Waals surface area contributed by atoms with Gasteiger partial charge in [-0.25, -0.2) is 0 Å². The summed E-state index contributed by atoms with van der Waals surface area (Å²) < 4.78 is 0. The minimum atomic E-state index is 0.0770. The lowest BCUT2D eigenvalue weighted by atomic mass is 9.33. The van der Waals surface area contributed by atoms with Crippen molar-refractivity contribution < 1.29 is 0 Å². The van der Waals surface area contributed by atoms with E-state index >= 15 is 0 Å². The molecule has 0 aliphatic carbocycles. The van der Waals surface area contributed by atoms with E-state index in [-0.39, 0.29) is 6.71 Å². The molecule has 0 radical (unpaired) electrons. The van der Waals surface area contributed by atoms with E-state index in [9.17, 15) is 0 Å². The summed E-state index contributed by atoms with van der Waals surface area (Å²) in [7, 11) is 0. The molecule has 2 aliphatic heterocycles. The van der Waals surface area contributed by atoms with E-state index in [0.29, 0.717) is 0 Å². The van der Waals surface area contributed by atoms with Crippen LogP contribution in [0.4, 0.5) is 51.2 Å². The first-order chi connectivity index (χ1) is 22.9. The molecule has 4 heteroatoms. The normalized spacial score (nSPS) is 12.5. The van der Waals surface area contributed by atoms with Gasteiger partial charge < -0.3 is 14.7 Å². The Balaban J connectivity index is 1.41. The Morgan fingerprint density at radius 3 is 1.48 bits per heavy atom. The molecule has 9 rings (SSSR count). The SMILES string of the molecule is c1cccc(N(c2ccccc2)c2cc3c4c(c2)N(c2ccccc2)c2ccccc2B4c2ccccc2N3c2ccccc2)c#1. The molecule has 214 valence electrons. The highest BCUT2D eigenvalue weighted by Gasteiger charge is 2.43. The largest absolute Gasteiger partial charge is 0.311 e. The van der Waals surface area contributed by atoms with Gasteiger partial charge in [-0.05, 0) is 95.3 Å². The fraction of sp³-hybridized carbons (Fsp3) is 0. The summed E-state index contributed by atoms with van der Waals surface area (Å²) in [6.07, 6.45) is 0. The van der Waals surface area contributed by atoms with Crippen LogP contribution in [0.5, 0.6) is 0 Å². The average Bonchev–Trinajstić information content (AvgIpc) is 3.13. The minimum absolute atomic E-state index is 0.0770. The van der Waals surface area contributed by atoms with Crippen LogP contribution in [0, 0.1) is 12.1 Å². The third kappa shape index (κ3) is 4.10. The zero-order chi connectivity index (χ0) is 30.5. The van der Waals surface area contributed by atoms with Crippen LogP contribution in [0.1, 0.15) is 0 Å². The van der Waals surface area contributed by atoms with Gasteiger partial charge in [0.2, 0.25) is 0 Å². The van der Waals surface area contributed by atoms with Crippen molar-refractivity contribution in [3.05, 3.63) is 182 Å². The molecule has 7 aromatic rings. The second kappa shape index (κ2) is 10.8. The van der Waals surface area contributed by atoms with Gasteiger partial charge in [0.1, 0.15) is 0 Å². The van der Waals surface area contributed by atoms with Crippen LogP contribution in [-0.4, -0.2) is 6.71 Å². The Bertz CT molecular complexity index is 2020. The Morgan fingerprint density at radius 2 is 0.957 bits per heavy atom. The van der Waals surface area contributed by atoms with Crippen molar-refractivity contribution in [3.8, 4) is 0 Å². The number of rotatable bonds is 5. The van der Waals surface area contributed by atoms with Gasteiger partial charge in [-0.3, -0.25) is 0 Å². The maximum absolute atomic E-state index is 3.40. The molecule has 2 aliphatic rings. The van der Waals surface area contributed by atoms with Crippen molar-refractivity contribution in [3.63, 3.8) is 0 Å². The number of hydrogen-bond donors (Lipinski definition) is 0. The second-order valence-corrected chi connectivity index (χ2v) is 11.6. The van der Waals surface area contributed by atoms with Gasteiger partial charge in [0.15, 0.2) is 0 Å². The van der Waals surface area contributed by atoms with Crippen molar-refractivity contribution in [1.82, 2.24) is 0 Å². The predicted octanol–water partition coefficient (Wildman–Crippen LogP) is 8.84. The third-order valence-corrected chi connectivity index (χ3v) is 9.05. The second-order valence-electron chi connectivity index (χ2n) is 11.6. The molecule has 0 bridgehead atoms. The molecule has 0 amide bonds. The van der Waals surface area contributed by atoms with Crippen molar-refractivity contribution in [1.29, 1.82) is 0 Å². The summed E-state index contributed by atoms with van der Waals surface area (Å²) in [4.78, 5) is 7.17. The van der Waals surface area contributed by atoms with Crippen LogP contribution < -0.4 is 31.1 Å². The summed E-state index contributed by atoms with van der Waals surface area (Å²) in [5.74, 6) is 0. The molecule has 0 aromatic heterocycles. The third-order valence-electron chi connectivity index (χ3n) is 9.05. The number of nitrogens with zero attached hydrogens (tertiary/aromatic N) is 3. The van der Waals surface area contributed by atoms with Crippen molar-refractivity contribution >= 4 is 74.3 Å². The first-order valence-corrected chi connectivity index (χ1v) is 15.7. The van der Waals surface area contributed by atoms with E-state index in [1.165, 1.54) is 39.1 Å². The van der Waals surface area contributed by atoms with E-state index in [2.05, 4.69) is 185 Å². The van der Waals surface area contributed by atoms with Crippen molar-refractivity contribution in [2.45, 2.75) is 0 Å². The lowest BCUT2D eigenvalue weighted by Gasteiger charge is -2.44. The highest BCUT2D eigenvalue weighted by molar-refractivity contribution is 7.00. The quantitative estimate of drug-likeness (QED) is 0.187. The zero-order valence-corrected chi connectivity index (χ0v) is 25.1. The topological polar surface area (TPSA) is 9.72 Å². The molecule has 3 nitrogen and oxygen atoms in total. The van der Waals surface area contributed by atoms with Gasteiger partial charge in [-0.15, -0.1) is 0 Å². The summed E-state index contributed by atoms with van der Waals surface area (Å²) >= 11 is 0. The van der Waals surface area contributed by atoms with Gasteiger partial charge in [-0.1, -0.05) is 103 Å². The molecule has 0 saturated heterocycles. The fourth-order valence-electron chi connectivity index (χ4n) is 7.20. The maximum Gasteiger partial charge on any atom is 0.252 e. The molecular weight excluding hydrogens is 557 g/mol. The molecule has 0 saturated carbocycles. The van der Waals surface area contributed by atoms with Gasteiger partial charge >= 0.3 is 0 Å². The van der Waals surface area contributed by atoms with E-state index in [0.717, 1.165) is 28.4 Å². The maximum atomic E-state index is 3.40. The van der Waals surface area contributed by atoms with Crippen LogP contribution in [0.15, 0.2) is 170 Å². The number of hydrogen-bond acceptors (Lipinski definition) is 3. The first kappa shape index (κ1) is 26.2. The Hall–Kier alpha value is -6.18. The van der Waals surface area contributed by atoms with E-state index < -0.39 is 0 Å². The smallest absolute Gasteiger partial charge is 0.252 e. The standard InChI is InChI=1S/C42H28BN3/c1-5-17-31(18-6-1)44(32-19-7-2-8-20-32)35-29-40-42-41(30-35)46(34-23-11-4-12-24-34)39-28-16-14-26-37(39)43(42)36-25-13-15-27-38(36)45(40)33-21-9-3-10-22-33/h1-7,9-19,21-30H. The van der Waals surface area contributed by atoms with Gasteiger partial charge in [0, 0.05) is 39.8 Å². The number of fused-ring (bicyclic) bond motifs is 4. The zero-order valence-electron chi connectivity index (χ0n) is 25.1. The van der Waals surface area contributed by atoms with Gasteiger partial charge in [-0.2, -0.15) is 0 Å². The van der Waals surface area contributed by atoms with Gasteiger partial charge in [0.25, 0.3) is 6.71 Å². The van der Waals surface area contributed by atoms with Crippen LogP contribution in [-0.2, 0) is 0 Å². The van der Waals surface area contributed by atoms with Crippen LogP contribution in [0.3, 0.4) is 0 Å². The van der Waals surface area contributed by atoms with Crippen molar-refractivity contribution in [2.75, 3.05) is 14.7 Å². The highest BCUT2D eigenvalue weighted by atomic mass is 15.2. The number of para-hydroxylation sites is 5. The van der Waals surface area contributed by atoms with E-state index in [1.54, 1.807) is 0 Å². The summed E-state index contributed by atoms with van der Waals surface area (Å²) in [6.45, 7) is 0.0770. The molecule has 7 aromatic carbocycles. The molecule has 46 heavy (non-hydrogen) atoms. The molecule has 0 atom stereocenters. The van der Waals surface area contributed by atoms with Crippen LogP contribution in [0.25, 0.3) is 0 Å². The lowest BCUT2D eigenvalue weighted by Crippen LogP contribution is -2.61. The highest BCUT2D eigenvalue weighted by Crippen LogP contribution is 2.47. The van der Waals surface area contributed by atoms with Crippen LogP contribution in [0.2, 0.25) is 0 Å². The molecule has 0 fully saturated rings.